The molecule has 0 aliphatic carbocycles. The van der Waals surface area contributed by atoms with Crippen molar-refractivity contribution in [3.8, 4) is 0 Å². The van der Waals surface area contributed by atoms with Crippen LogP contribution in [0.25, 0.3) is 0 Å². The topological polar surface area (TPSA) is 68.3 Å². The number of nitrogens with one attached hydrogen (secondary N) is 1. The highest BCUT2D eigenvalue weighted by Crippen LogP contribution is 2.35. The average Bonchev–Trinajstić information content (AvgIpc) is 2.93. The highest BCUT2D eigenvalue weighted by atomic mass is 35.5. The van der Waals surface area contributed by atoms with Crippen LogP contribution in [0.5, 0.6) is 0 Å². The standard InChI is InChI=1S/C16H18Cl2N2O2.ClH/c1-16(2,14-12(17)4-3-5-13(14)18)9-20-15(21)10-6-11(7-19)22-8-10;/h3-6,8H,7,9,19H2,1-2H3,(H,20,21);1H. The van der Waals surface area contributed by atoms with Crippen LogP contribution in [0.4, 0.5) is 0 Å². The third-order valence-corrected chi connectivity index (χ3v) is 4.08. The highest BCUT2D eigenvalue weighted by Gasteiger charge is 2.27. The van der Waals surface area contributed by atoms with Gasteiger partial charge in [-0.1, -0.05) is 43.1 Å². The third kappa shape index (κ3) is 4.64. The summed E-state index contributed by atoms with van der Waals surface area (Å²) in [7, 11) is 0. The number of hydrogen-bond acceptors (Lipinski definition) is 3. The van der Waals surface area contributed by atoms with Gasteiger partial charge in [-0.15, -0.1) is 12.4 Å². The molecule has 7 heteroatoms. The van der Waals surface area contributed by atoms with Crippen LogP contribution >= 0.6 is 35.6 Å². The fraction of sp³-hybridized carbons (Fsp3) is 0.312. The number of furan rings is 1. The fourth-order valence-corrected chi connectivity index (χ4v) is 3.15. The number of hydrogen-bond donors (Lipinski definition) is 2. The summed E-state index contributed by atoms with van der Waals surface area (Å²) in [6, 6.07) is 7.00. The van der Waals surface area contributed by atoms with Crippen LogP contribution in [0, 0.1) is 0 Å². The molecule has 2 rings (SSSR count). The van der Waals surface area contributed by atoms with Gasteiger partial charge in [-0.3, -0.25) is 4.79 Å². The average molecular weight is 378 g/mol. The minimum atomic E-state index is -0.411. The maximum Gasteiger partial charge on any atom is 0.254 e. The van der Waals surface area contributed by atoms with Crippen molar-refractivity contribution in [2.24, 2.45) is 5.73 Å². The van der Waals surface area contributed by atoms with Gasteiger partial charge in [-0.25, -0.2) is 0 Å². The van der Waals surface area contributed by atoms with Gasteiger partial charge in [-0.2, -0.15) is 0 Å². The molecule has 0 saturated heterocycles. The Balaban J connectivity index is 0.00000264. The number of halogens is 3. The first kappa shape index (κ1) is 19.8. The summed E-state index contributed by atoms with van der Waals surface area (Å²) < 4.78 is 5.16. The quantitative estimate of drug-likeness (QED) is 0.821. The van der Waals surface area contributed by atoms with E-state index in [1.165, 1.54) is 6.26 Å². The predicted molar refractivity (Wildman–Crippen MR) is 95.7 cm³/mol. The molecule has 126 valence electrons. The Bertz CT molecular complexity index is 663. The summed E-state index contributed by atoms with van der Waals surface area (Å²) in [5.74, 6) is 0.346. The maximum atomic E-state index is 12.1. The lowest BCUT2D eigenvalue weighted by Gasteiger charge is -2.27. The number of rotatable bonds is 5. The van der Waals surface area contributed by atoms with Crippen molar-refractivity contribution in [1.82, 2.24) is 5.32 Å². The molecule has 0 spiro atoms. The minimum absolute atomic E-state index is 0. The minimum Gasteiger partial charge on any atom is -0.467 e. The van der Waals surface area contributed by atoms with E-state index in [-0.39, 0.29) is 24.9 Å². The molecule has 0 atom stereocenters. The molecule has 0 bridgehead atoms. The molecular formula is C16H19Cl3N2O2. The van der Waals surface area contributed by atoms with Crippen molar-refractivity contribution in [3.05, 3.63) is 57.5 Å². The monoisotopic (exact) mass is 376 g/mol. The molecular weight excluding hydrogens is 359 g/mol. The fourth-order valence-electron chi connectivity index (χ4n) is 2.24. The van der Waals surface area contributed by atoms with Gasteiger partial charge in [0.05, 0.1) is 12.1 Å². The Labute approximate surface area is 151 Å². The van der Waals surface area contributed by atoms with Gasteiger partial charge in [0, 0.05) is 22.0 Å². The van der Waals surface area contributed by atoms with E-state index in [4.69, 9.17) is 33.4 Å². The van der Waals surface area contributed by atoms with Crippen molar-refractivity contribution in [2.75, 3.05) is 6.54 Å². The van der Waals surface area contributed by atoms with E-state index < -0.39 is 5.41 Å². The number of nitrogens with two attached hydrogens (primary N) is 1. The lowest BCUT2D eigenvalue weighted by atomic mass is 9.84. The number of carbonyl (C=O) groups is 1. The maximum absolute atomic E-state index is 12.1. The van der Waals surface area contributed by atoms with Crippen LogP contribution in [0.15, 0.2) is 34.9 Å². The van der Waals surface area contributed by atoms with Crippen LogP contribution in [-0.4, -0.2) is 12.5 Å². The van der Waals surface area contributed by atoms with Crippen molar-refractivity contribution >= 4 is 41.5 Å². The molecule has 1 aromatic heterocycles. The van der Waals surface area contributed by atoms with Crippen molar-refractivity contribution in [1.29, 1.82) is 0 Å². The smallest absolute Gasteiger partial charge is 0.254 e. The summed E-state index contributed by atoms with van der Waals surface area (Å²) in [5, 5.41) is 4.04. The Hall–Kier alpha value is -1.20. The number of benzene rings is 1. The first-order chi connectivity index (χ1) is 10.3. The molecule has 0 unspecified atom stereocenters. The molecule has 1 heterocycles. The lowest BCUT2D eigenvalue weighted by molar-refractivity contribution is 0.0945. The van der Waals surface area contributed by atoms with Gasteiger partial charge in [-0.05, 0) is 23.8 Å². The van der Waals surface area contributed by atoms with E-state index in [0.29, 0.717) is 27.9 Å². The van der Waals surface area contributed by atoms with E-state index in [1.54, 1.807) is 24.3 Å². The predicted octanol–water partition coefficient (Wildman–Crippen LogP) is 4.17. The van der Waals surface area contributed by atoms with Crippen LogP contribution in [0.1, 0.15) is 35.5 Å². The van der Waals surface area contributed by atoms with Crippen LogP contribution < -0.4 is 11.1 Å². The zero-order valence-corrected chi connectivity index (χ0v) is 15.2. The molecule has 0 aliphatic rings. The van der Waals surface area contributed by atoms with Gasteiger partial charge in [0.2, 0.25) is 0 Å². The van der Waals surface area contributed by atoms with Gasteiger partial charge in [0.1, 0.15) is 12.0 Å². The summed E-state index contributed by atoms with van der Waals surface area (Å²) in [6.45, 7) is 4.59. The molecule has 1 amide bonds. The normalized spacial score (nSPS) is 11.0. The van der Waals surface area contributed by atoms with Crippen molar-refractivity contribution in [3.63, 3.8) is 0 Å². The molecule has 0 fully saturated rings. The van der Waals surface area contributed by atoms with Crippen LogP contribution in [0.2, 0.25) is 10.0 Å². The second-order valence-corrected chi connectivity index (χ2v) is 6.48. The molecule has 0 radical (unpaired) electrons. The zero-order chi connectivity index (χ0) is 16.3. The Morgan fingerprint density at radius 2 is 1.91 bits per heavy atom. The molecule has 0 saturated carbocycles. The summed E-state index contributed by atoms with van der Waals surface area (Å²) in [6.07, 6.45) is 1.40. The van der Waals surface area contributed by atoms with Crippen molar-refractivity contribution in [2.45, 2.75) is 25.8 Å². The molecule has 2 aromatic rings. The van der Waals surface area contributed by atoms with E-state index in [2.05, 4.69) is 5.32 Å². The van der Waals surface area contributed by atoms with Gasteiger partial charge in [0.25, 0.3) is 5.91 Å². The second-order valence-electron chi connectivity index (χ2n) is 5.67. The lowest BCUT2D eigenvalue weighted by Crippen LogP contribution is -2.37. The summed E-state index contributed by atoms with van der Waals surface area (Å²) >= 11 is 12.5. The van der Waals surface area contributed by atoms with Gasteiger partial charge >= 0.3 is 0 Å². The Kier molecular flexibility index (Phi) is 6.96. The molecule has 3 N–H and O–H groups in total. The zero-order valence-electron chi connectivity index (χ0n) is 12.9. The third-order valence-electron chi connectivity index (χ3n) is 3.45. The highest BCUT2D eigenvalue weighted by molar-refractivity contribution is 6.36. The molecule has 23 heavy (non-hydrogen) atoms. The van der Waals surface area contributed by atoms with E-state index >= 15 is 0 Å². The van der Waals surface area contributed by atoms with E-state index in [1.807, 2.05) is 13.8 Å². The summed E-state index contributed by atoms with van der Waals surface area (Å²) in [5.41, 5.74) is 6.31. The second kappa shape index (κ2) is 8.06. The molecule has 1 aromatic carbocycles. The van der Waals surface area contributed by atoms with Gasteiger partial charge in [0.15, 0.2) is 0 Å². The number of carbonyl (C=O) groups excluding carboxylic acids is 1. The van der Waals surface area contributed by atoms with E-state index in [9.17, 15) is 4.79 Å². The molecule has 4 nitrogen and oxygen atoms in total. The Morgan fingerprint density at radius 1 is 1.30 bits per heavy atom. The first-order valence-electron chi connectivity index (χ1n) is 6.85. The van der Waals surface area contributed by atoms with Crippen LogP contribution in [-0.2, 0) is 12.0 Å². The van der Waals surface area contributed by atoms with Crippen molar-refractivity contribution < 1.29 is 9.21 Å². The SMILES string of the molecule is CC(C)(CNC(=O)c1coc(CN)c1)c1c(Cl)cccc1Cl.Cl. The largest absolute Gasteiger partial charge is 0.467 e. The molecule has 0 aliphatic heterocycles. The van der Waals surface area contributed by atoms with Gasteiger partial charge < -0.3 is 15.5 Å². The van der Waals surface area contributed by atoms with Crippen LogP contribution in [0.3, 0.4) is 0 Å². The van der Waals surface area contributed by atoms with E-state index in [0.717, 1.165) is 5.56 Å². The summed E-state index contributed by atoms with van der Waals surface area (Å²) in [4.78, 5) is 12.1. The Morgan fingerprint density at radius 3 is 2.43 bits per heavy atom. The number of amides is 1. The first-order valence-corrected chi connectivity index (χ1v) is 7.61.